The largest absolute Gasteiger partial charge is 0.355 e. The number of amides is 1. The average molecular weight is 255 g/mol. The summed E-state index contributed by atoms with van der Waals surface area (Å²) >= 11 is 0. The molecule has 1 heterocycles. The van der Waals surface area contributed by atoms with Crippen LogP contribution in [-0.4, -0.2) is 49.6 Å². The number of likely N-dealkylation sites (tertiary alicyclic amines) is 1. The van der Waals surface area contributed by atoms with Gasteiger partial charge in [-0.05, 0) is 58.8 Å². The number of nitrogens with zero attached hydrogens (tertiary/aromatic N) is 1. The normalized spacial score (nSPS) is 17.9. The Hall–Kier alpha value is -0.610. The first-order valence-corrected chi connectivity index (χ1v) is 7.47. The second-order valence-electron chi connectivity index (χ2n) is 5.22. The zero-order valence-electron chi connectivity index (χ0n) is 12.0. The molecule has 0 aromatic rings. The van der Waals surface area contributed by atoms with Crippen LogP contribution in [0.15, 0.2) is 0 Å². The Morgan fingerprint density at radius 3 is 2.61 bits per heavy atom. The fourth-order valence-corrected chi connectivity index (χ4v) is 2.26. The standard InChI is InChI=1S/C14H29N3O/c1-3-4-8-16-14(18)13(2)15-9-7-12-17-10-5-6-11-17/h13,15H,3-12H2,1-2H3,(H,16,18). The van der Waals surface area contributed by atoms with Gasteiger partial charge in [0.05, 0.1) is 6.04 Å². The van der Waals surface area contributed by atoms with Gasteiger partial charge in [-0.2, -0.15) is 0 Å². The van der Waals surface area contributed by atoms with Gasteiger partial charge in [0.2, 0.25) is 5.91 Å². The van der Waals surface area contributed by atoms with E-state index >= 15 is 0 Å². The van der Waals surface area contributed by atoms with Gasteiger partial charge in [-0.25, -0.2) is 0 Å². The van der Waals surface area contributed by atoms with Gasteiger partial charge in [-0.3, -0.25) is 4.79 Å². The van der Waals surface area contributed by atoms with Gasteiger partial charge >= 0.3 is 0 Å². The first-order chi connectivity index (χ1) is 8.74. The number of unbranched alkanes of at least 4 members (excludes halogenated alkanes) is 1. The third-order valence-corrected chi connectivity index (χ3v) is 3.52. The number of nitrogens with one attached hydrogen (secondary N) is 2. The summed E-state index contributed by atoms with van der Waals surface area (Å²) in [6.45, 7) is 9.48. The van der Waals surface area contributed by atoms with Crippen molar-refractivity contribution in [3.63, 3.8) is 0 Å². The Labute approximate surface area is 111 Å². The van der Waals surface area contributed by atoms with Crippen LogP contribution >= 0.6 is 0 Å². The van der Waals surface area contributed by atoms with Crippen molar-refractivity contribution in [3.05, 3.63) is 0 Å². The van der Waals surface area contributed by atoms with E-state index in [1.165, 1.54) is 25.9 Å². The minimum absolute atomic E-state index is 0.0690. The maximum atomic E-state index is 11.7. The molecular weight excluding hydrogens is 226 g/mol. The molecule has 2 N–H and O–H groups in total. The van der Waals surface area contributed by atoms with Crippen molar-refractivity contribution in [2.75, 3.05) is 32.7 Å². The molecule has 1 fully saturated rings. The maximum absolute atomic E-state index is 11.7. The third-order valence-electron chi connectivity index (χ3n) is 3.52. The Kier molecular flexibility index (Phi) is 8.01. The topological polar surface area (TPSA) is 44.4 Å². The summed E-state index contributed by atoms with van der Waals surface area (Å²) in [5.41, 5.74) is 0. The van der Waals surface area contributed by atoms with E-state index in [1.807, 2.05) is 6.92 Å². The first kappa shape index (κ1) is 15.4. The SMILES string of the molecule is CCCCNC(=O)C(C)NCCCN1CCCC1. The van der Waals surface area contributed by atoms with Crippen LogP contribution in [-0.2, 0) is 4.79 Å². The van der Waals surface area contributed by atoms with Crippen molar-refractivity contribution in [1.29, 1.82) is 0 Å². The zero-order chi connectivity index (χ0) is 13.2. The summed E-state index contributed by atoms with van der Waals surface area (Å²) in [6, 6.07) is -0.0690. The number of carbonyl (C=O) groups excluding carboxylic acids is 1. The molecule has 0 saturated carbocycles. The molecule has 0 radical (unpaired) electrons. The highest BCUT2D eigenvalue weighted by atomic mass is 16.2. The summed E-state index contributed by atoms with van der Waals surface area (Å²) in [4.78, 5) is 14.2. The van der Waals surface area contributed by atoms with E-state index in [1.54, 1.807) is 0 Å². The van der Waals surface area contributed by atoms with Crippen LogP contribution in [0.1, 0.15) is 46.0 Å². The molecule has 0 aromatic heterocycles. The minimum atomic E-state index is -0.0690. The van der Waals surface area contributed by atoms with Gasteiger partial charge in [0.15, 0.2) is 0 Å². The van der Waals surface area contributed by atoms with E-state index in [0.29, 0.717) is 0 Å². The molecule has 1 aliphatic rings. The Bertz CT molecular complexity index is 227. The first-order valence-electron chi connectivity index (χ1n) is 7.47. The van der Waals surface area contributed by atoms with Gasteiger partial charge in [0.1, 0.15) is 0 Å². The van der Waals surface area contributed by atoms with Crippen LogP contribution < -0.4 is 10.6 Å². The predicted molar refractivity (Wildman–Crippen MR) is 75.7 cm³/mol. The lowest BCUT2D eigenvalue weighted by molar-refractivity contribution is -0.122. The Balaban J connectivity index is 1.97. The van der Waals surface area contributed by atoms with E-state index in [9.17, 15) is 4.79 Å². The van der Waals surface area contributed by atoms with E-state index < -0.39 is 0 Å². The van der Waals surface area contributed by atoms with E-state index in [0.717, 1.165) is 38.9 Å². The molecule has 1 saturated heterocycles. The van der Waals surface area contributed by atoms with Crippen molar-refractivity contribution >= 4 is 5.91 Å². The molecular formula is C14H29N3O. The van der Waals surface area contributed by atoms with Gasteiger partial charge in [0, 0.05) is 6.54 Å². The van der Waals surface area contributed by atoms with Crippen molar-refractivity contribution < 1.29 is 4.79 Å². The van der Waals surface area contributed by atoms with Crippen molar-refractivity contribution in [2.45, 2.75) is 52.0 Å². The lowest BCUT2D eigenvalue weighted by Gasteiger charge is -2.17. The van der Waals surface area contributed by atoms with Crippen LogP contribution in [0.3, 0.4) is 0 Å². The second-order valence-corrected chi connectivity index (χ2v) is 5.22. The highest BCUT2D eigenvalue weighted by molar-refractivity contribution is 5.81. The quantitative estimate of drug-likeness (QED) is 0.612. The van der Waals surface area contributed by atoms with E-state index in [-0.39, 0.29) is 11.9 Å². The highest BCUT2D eigenvalue weighted by Gasteiger charge is 2.12. The number of hydrogen-bond acceptors (Lipinski definition) is 3. The van der Waals surface area contributed by atoms with Crippen LogP contribution in [0.25, 0.3) is 0 Å². The molecule has 1 amide bonds. The number of rotatable bonds is 9. The lowest BCUT2D eigenvalue weighted by atomic mass is 10.2. The smallest absolute Gasteiger partial charge is 0.236 e. The molecule has 4 heteroatoms. The molecule has 0 aromatic carbocycles. The summed E-state index contributed by atoms with van der Waals surface area (Å²) in [7, 11) is 0. The molecule has 18 heavy (non-hydrogen) atoms. The van der Waals surface area contributed by atoms with E-state index in [2.05, 4.69) is 22.5 Å². The number of carbonyl (C=O) groups is 1. The van der Waals surface area contributed by atoms with Crippen molar-refractivity contribution in [2.24, 2.45) is 0 Å². The predicted octanol–water partition coefficient (Wildman–Crippen LogP) is 1.37. The third kappa shape index (κ3) is 6.36. The molecule has 1 atom stereocenters. The molecule has 0 bridgehead atoms. The van der Waals surface area contributed by atoms with Crippen LogP contribution in [0, 0.1) is 0 Å². The van der Waals surface area contributed by atoms with Crippen molar-refractivity contribution in [1.82, 2.24) is 15.5 Å². The molecule has 4 nitrogen and oxygen atoms in total. The molecule has 106 valence electrons. The van der Waals surface area contributed by atoms with Gasteiger partial charge in [0.25, 0.3) is 0 Å². The summed E-state index contributed by atoms with van der Waals surface area (Å²) in [5, 5.41) is 6.25. The van der Waals surface area contributed by atoms with Gasteiger partial charge < -0.3 is 15.5 Å². The second kappa shape index (κ2) is 9.34. The fraction of sp³-hybridized carbons (Fsp3) is 0.929. The highest BCUT2D eigenvalue weighted by Crippen LogP contribution is 2.06. The summed E-state index contributed by atoms with van der Waals surface area (Å²) < 4.78 is 0. The molecule has 1 unspecified atom stereocenters. The Morgan fingerprint density at radius 1 is 1.22 bits per heavy atom. The van der Waals surface area contributed by atoms with Gasteiger partial charge in [-0.15, -0.1) is 0 Å². The average Bonchev–Trinajstić information content (AvgIpc) is 2.87. The fourth-order valence-electron chi connectivity index (χ4n) is 2.26. The molecule has 0 aliphatic carbocycles. The van der Waals surface area contributed by atoms with Crippen molar-refractivity contribution in [3.8, 4) is 0 Å². The summed E-state index contributed by atoms with van der Waals surface area (Å²) in [5.74, 6) is 0.129. The lowest BCUT2D eigenvalue weighted by Crippen LogP contribution is -2.43. The summed E-state index contributed by atoms with van der Waals surface area (Å²) in [6.07, 6.45) is 6.02. The molecule has 1 rings (SSSR count). The van der Waals surface area contributed by atoms with Gasteiger partial charge in [-0.1, -0.05) is 13.3 Å². The molecule has 0 spiro atoms. The minimum Gasteiger partial charge on any atom is -0.355 e. The maximum Gasteiger partial charge on any atom is 0.236 e. The monoisotopic (exact) mass is 255 g/mol. The van der Waals surface area contributed by atoms with E-state index in [4.69, 9.17) is 0 Å². The number of hydrogen-bond donors (Lipinski definition) is 2. The van der Waals surface area contributed by atoms with Crippen LogP contribution in [0.2, 0.25) is 0 Å². The molecule has 1 aliphatic heterocycles. The Morgan fingerprint density at radius 2 is 1.94 bits per heavy atom. The van der Waals surface area contributed by atoms with Crippen LogP contribution in [0.4, 0.5) is 0 Å². The zero-order valence-corrected chi connectivity index (χ0v) is 12.0. The van der Waals surface area contributed by atoms with Crippen LogP contribution in [0.5, 0.6) is 0 Å².